The molecule has 0 fully saturated rings. The molecule has 0 heterocycles. The average Bonchev–Trinajstić information content (AvgIpc) is 2.73. The molecule has 0 unspecified atom stereocenters. The Kier molecular flexibility index (Phi) is 6.86. The molecule has 3 rings (SSSR count). The first-order valence-corrected chi connectivity index (χ1v) is 9.56. The van der Waals surface area contributed by atoms with E-state index >= 15 is 0 Å². The van der Waals surface area contributed by atoms with E-state index in [1.165, 1.54) is 0 Å². The Morgan fingerprint density at radius 3 is 2.24 bits per heavy atom. The highest BCUT2D eigenvalue weighted by molar-refractivity contribution is 9.10. The van der Waals surface area contributed by atoms with Crippen LogP contribution in [0.4, 0.5) is 11.4 Å². The van der Waals surface area contributed by atoms with Crippen molar-refractivity contribution >= 4 is 39.1 Å². The van der Waals surface area contributed by atoms with Gasteiger partial charge in [0, 0.05) is 27.5 Å². The number of carbonyl (C=O) groups excluding carboxylic acids is 2. The minimum Gasteiger partial charge on any atom is -0.497 e. The summed E-state index contributed by atoms with van der Waals surface area (Å²) in [5, 5.41) is 5.56. The molecule has 0 aliphatic rings. The number of hydrogen-bond donors (Lipinski definition) is 2. The van der Waals surface area contributed by atoms with Gasteiger partial charge >= 0.3 is 0 Å². The highest BCUT2D eigenvalue weighted by Crippen LogP contribution is 2.19. The molecule has 7 heteroatoms. The Balaban J connectivity index is 1.52. The molecule has 3 aromatic rings. The molecule has 0 aliphatic heterocycles. The maximum Gasteiger partial charge on any atom is 0.262 e. The highest BCUT2D eigenvalue weighted by Gasteiger charge is 2.08. The largest absolute Gasteiger partial charge is 0.497 e. The van der Waals surface area contributed by atoms with Crippen LogP contribution in [0.5, 0.6) is 11.5 Å². The van der Waals surface area contributed by atoms with Gasteiger partial charge in [0.2, 0.25) is 0 Å². The van der Waals surface area contributed by atoms with Crippen LogP contribution in [0.15, 0.2) is 77.3 Å². The predicted molar refractivity (Wildman–Crippen MR) is 116 cm³/mol. The normalized spacial score (nSPS) is 10.1. The van der Waals surface area contributed by atoms with E-state index in [1.807, 2.05) is 18.2 Å². The van der Waals surface area contributed by atoms with E-state index in [9.17, 15) is 9.59 Å². The van der Waals surface area contributed by atoms with Crippen LogP contribution in [-0.4, -0.2) is 25.5 Å². The van der Waals surface area contributed by atoms with E-state index in [0.29, 0.717) is 28.4 Å². The smallest absolute Gasteiger partial charge is 0.262 e. The van der Waals surface area contributed by atoms with Crippen molar-refractivity contribution in [3.63, 3.8) is 0 Å². The van der Waals surface area contributed by atoms with Gasteiger partial charge in [-0.2, -0.15) is 0 Å². The fourth-order valence-corrected chi connectivity index (χ4v) is 2.92. The summed E-state index contributed by atoms with van der Waals surface area (Å²) in [5.74, 6) is 0.616. The van der Waals surface area contributed by atoms with Crippen molar-refractivity contribution in [3.05, 3.63) is 82.8 Å². The summed E-state index contributed by atoms with van der Waals surface area (Å²) in [4.78, 5) is 24.4. The van der Waals surface area contributed by atoms with Gasteiger partial charge in [-0.1, -0.05) is 28.1 Å². The quantitative estimate of drug-likeness (QED) is 0.540. The highest BCUT2D eigenvalue weighted by atomic mass is 79.9. The number of hydrogen-bond acceptors (Lipinski definition) is 4. The SMILES string of the molecule is COc1cccc(NC(=O)COc2ccc(C(=O)Nc3cccc(Br)c3)cc2)c1. The van der Waals surface area contributed by atoms with Crippen molar-refractivity contribution < 1.29 is 19.1 Å². The zero-order valence-electron chi connectivity index (χ0n) is 15.6. The molecule has 3 aromatic carbocycles. The summed E-state index contributed by atoms with van der Waals surface area (Å²) in [6.07, 6.45) is 0. The van der Waals surface area contributed by atoms with Crippen molar-refractivity contribution in [1.29, 1.82) is 0 Å². The van der Waals surface area contributed by atoms with Gasteiger partial charge in [-0.25, -0.2) is 0 Å². The summed E-state index contributed by atoms with van der Waals surface area (Å²) in [5.41, 5.74) is 1.80. The van der Waals surface area contributed by atoms with Gasteiger partial charge in [0.1, 0.15) is 11.5 Å². The van der Waals surface area contributed by atoms with Crippen LogP contribution in [-0.2, 0) is 4.79 Å². The van der Waals surface area contributed by atoms with Crippen LogP contribution in [0.1, 0.15) is 10.4 Å². The first-order chi connectivity index (χ1) is 14.0. The van der Waals surface area contributed by atoms with Crippen LogP contribution >= 0.6 is 15.9 Å². The number of methoxy groups -OCH3 is 1. The zero-order chi connectivity index (χ0) is 20.6. The molecule has 0 atom stereocenters. The molecule has 2 amide bonds. The lowest BCUT2D eigenvalue weighted by molar-refractivity contribution is -0.118. The molecule has 0 radical (unpaired) electrons. The standard InChI is InChI=1S/C22H19BrN2O4/c1-28-20-7-3-6-18(13-20)24-21(26)14-29-19-10-8-15(9-11-19)22(27)25-17-5-2-4-16(23)12-17/h2-13H,14H2,1H3,(H,24,26)(H,25,27). The van der Waals surface area contributed by atoms with Crippen LogP contribution in [0.25, 0.3) is 0 Å². The third kappa shape index (κ3) is 6.08. The van der Waals surface area contributed by atoms with Crippen LogP contribution < -0.4 is 20.1 Å². The van der Waals surface area contributed by atoms with Crippen molar-refractivity contribution in [3.8, 4) is 11.5 Å². The lowest BCUT2D eigenvalue weighted by Crippen LogP contribution is -2.20. The molecule has 0 spiro atoms. The van der Waals surface area contributed by atoms with Gasteiger partial charge in [0.05, 0.1) is 7.11 Å². The fourth-order valence-electron chi connectivity index (χ4n) is 2.52. The second-order valence-electron chi connectivity index (χ2n) is 6.06. The Labute approximate surface area is 177 Å². The zero-order valence-corrected chi connectivity index (χ0v) is 17.2. The minimum atomic E-state index is -0.297. The predicted octanol–water partition coefficient (Wildman–Crippen LogP) is 4.73. The monoisotopic (exact) mass is 454 g/mol. The van der Waals surface area contributed by atoms with Crippen LogP contribution in [0, 0.1) is 0 Å². The third-order valence-electron chi connectivity index (χ3n) is 3.92. The lowest BCUT2D eigenvalue weighted by Gasteiger charge is -2.09. The van der Waals surface area contributed by atoms with Gasteiger partial charge in [0.15, 0.2) is 6.61 Å². The summed E-state index contributed by atoms with van der Waals surface area (Å²) < 4.78 is 11.5. The molecule has 2 N–H and O–H groups in total. The van der Waals surface area contributed by atoms with E-state index in [0.717, 1.165) is 4.47 Å². The summed E-state index contributed by atoms with van der Waals surface area (Å²) in [6, 6.07) is 21.0. The molecule has 148 valence electrons. The number of nitrogens with one attached hydrogen (secondary N) is 2. The Bertz CT molecular complexity index is 1010. The molecular weight excluding hydrogens is 436 g/mol. The van der Waals surface area contributed by atoms with Gasteiger partial charge in [-0.3, -0.25) is 9.59 Å². The van der Waals surface area contributed by atoms with Crippen LogP contribution in [0.2, 0.25) is 0 Å². The average molecular weight is 455 g/mol. The third-order valence-corrected chi connectivity index (χ3v) is 4.42. The van der Waals surface area contributed by atoms with E-state index in [4.69, 9.17) is 9.47 Å². The summed E-state index contributed by atoms with van der Waals surface area (Å²) >= 11 is 3.37. The maximum absolute atomic E-state index is 12.3. The van der Waals surface area contributed by atoms with Gasteiger partial charge < -0.3 is 20.1 Å². The van der Waals surface area contributed by atoms with Crippen molar-refractivity contribution in [2.24, 2.45) is 0 Å². The first kappa shape index (κ1) is 20.4. The number of rotatable bonds is 7. The number of anilines is 2. The maximum atomic E-state index is 12.3. The second kappa shape index (κ2) is 9.75. The van der Waals surface area contributed by atoms with Crippen molar-refractivity contribution in [2.75, 3.05) is 24.4 Å². The topological polar surface area (TPSA) is 76.7 Å². The van der Waals surface area contributed by atoms with Crippen molar-refractivity contribution in [2.45, 2.75) is 0 Å². The van der Waals surface area contributed by atoms with Crippen molar-refractivity contribution in [1.82, 2.24) is 0 Å². The van der Waals surface area contributed by atoms with Gasteiger partial charge in [0.25, 0.3) is 11.8 Å². The molecule has 0 saturated heterocycles. The minimum absolute atomic E-state index is 0.152. The molecular formula is C22H19BrN2O4. The second-order valence-corrected chi connectivity index (χ2v) is 6.97. The lowest BCUT2D eigenvalue weighted by atomic mass is 10.2. The Morgan fingerprint density at radius 2 is 1.55 bits per heavy atom. The Hall–Kier alpha value is -3.32. The summed E-state index contributed by atoms with van der Waals surface area (Å²) in [7, 11) is 1.56. The molecule has 0 saturated carbocycles. The number of halogens is 1. The molecule has 29 heavy (non-hydrogen) atoms. The first-order valence-electron chi connectivity index (χ1n) is 8.77. The molecule has 0 aromatic heterocycles. The van der Waals surface area contributed by atoms with E-state index < -0.39 is 0 Å². The number of ether oxygens (including phenoxy) is 2. The number of carbonyl (C=O) groups is 2. The van der Waals surface area contributed by atoms with E-state index in [-0.39, 0.29) is 18.4 Å². The number of amides is 2. The molecule has 6 nitrogen and oxygen atoms in total. The van der Waals surface area contributed by atoms with Gasteiger partial charge in [-0.05, 0) is 54.6 Å². The molecule has 0 bridgehead atoms. The number of benzene rings is 3. The summed E-state index contributed by atoms with van der Waals surface area (Å²) in [6.45, 7) is -0.152. The van der Waals surface area contributed by atoms with E-state index in [2.05, 4.69) is 26.6 Å². The van der Waals surface area contributed by atoms with Crippen LogP contribution in [0.3, 0.4) is 0 Å². The molecule has 0 aliphatic carbocycles. The Morgan fingerprint density at radius 1 is 0.862 bits per heavy atom. The van der Waals surface area contributed by atoms with E-state index in [1.54, 1.807) is 61.7 Å². The van der Waals surface area contributed by atoms with Gasteiger partial charge in [-0.15, -0.1) is 0 Å². The fraction of sp³-hybridized carbons (Fsp3) is 0.0909.